The zero-order valence-corrected chi connectivity index (χ0v) is 16.8. The molecule has 1 amide bonds. The summed E-state index contributed by atoms with van der Waals surface area (Å²) in [5.74, 6) is 1.37. The standard InChI is InChI=1S/C22H27FN4O2/c1-15-6-9-17(20(10-15)29-14-16-7-8-16)12-25-22(24-2)26-13-21(28)27-19-5-3-4-18(23)11-19/h3-6,9-11,16H,7-8,12-14H2,1-2H3,(H,27,28)(H2,24,25,26). The number of ether oxygens (including phenoxy) is 1. The molecule has 7 heteroatoms. The van der Waals surface area contributed by atoms with Crippen molar-refractivity contribution in [1.82, 2.24) is 10.6 Å². The Balaban J connectivity index is 1.49. The molecule has 0 aliphatic heterocycles. The quantitative estimate of drug-likeness (QED) is 0.471. The molecule has 0 spiro atoms. The van der Waals surface area contributed by atoms with Crippen molar-refractivity contribution in [3.8, 4) is 5.75 Å². The van der Waals surface area contributed by atoms with E-state index in [4.69, 9.17) is 4.74 Å². The first kappa shape index (κ1) is 20.6. The van der Waals surface area contributed by atoms with Crippen molar-refractivity contribution in [1.29, 1.82) is 0 Å². The summed E-state index contributed by atoms with van der Waals surface area (Å²) in [6.45, 7) is 3.32. The third kappa shape index (κ3) is 6.78. The van der Waals surface area contributed by atoms with Crippen molar-refractivity contribution in [3.05, 3.63) is 59.4 Å². The van der Waals surface area contributed by atoms with Crippen LogP contribution in [0.3, 0.4) is 0 Å². The Kier molecular flexibility index (Phi) is 7.05. The first-order valence-corrected chi connectivity index (χ1v) is 9.76. The minimum Gasteiger partial charge on any atom is -0.493 e. The molecule has 6 nitrogen and oxygen atoms in total. The van der Waals surface area contributed by atoms with E-state index in [1.165, 1.54) is 25.0 Å². The number of halogens is 1. The Morgan fingerprint density at radius 3 is 2.76 bits per heavy atom. The van der Waals surface area contributed by atoms with Crippen LogP contribution in [0.25, 0.3) is 0 Å². The number of aliphatic imine (C=N–C) groups is 1. The lowest BCUT2D eigenvalue weighted by Gasteiger charge is -2.15. The topological polar surface area (TPSA) is 74.8 Å². The van der Waals surface area contributed by atoms with Crippen LogP contribution in [0.2, 0.25) is 0 Å². The van der Waals surface area contributed by atoms with Crippen molar-refractivity contribution in [2.45, 2.75) is 26.3 Å². The van der Waals surface area contributed by atoms with E-state index < -0.39 is 5.82 Å². The number of carbonyl (C=O) groups excluding carboxylic acids is 1. The molecule has 29 heavy (non-hydrogen) atoms. The molecule has 0 bridgehead atoms. The number of benzene rings is 2. The minimum absolute atomic E-state index is 0.00905. The Morgan fingerprint density at radius 1 is 1.21 bits per heavy atom. The highest BCUT2D eigenvalue weighted by atomic mass is 19.1. The summed E-state index contributed by atoms with van der Waals surface area (Å²) in [6, 6.07) is 11.9. The third-order valence-electron chi connectivity index (χ3n) is 4.59. The molecule has 3 N–H and O–H groups in total. The number of nitrogens with zero attached hydrogens (tertiary/aromatic N) is 1. The summed E-state index contributed by atoms with van der Waals surface area (Å²) in [5, 5.41) is 8.79. The van der Waals surface area contributed by atoms with Crippen LogP contribution in [-0.2, 0) is 11.3 Å². The van der Waals surface area contributed by atoms with Gasteiger partial charge in [-0.3, -0.25) is 9.79 Å². The van der Waals surface area contributed by atoms with E-state index in [0.717, 1.165) is 23.5 Å². The third-order valence-corrected chi connectivity index (χ3v) is 4.59. The van der Waals surface area contributed by atoms with Gasteiger partial charge < -0.3 is 20.7 Å². The molecule has 2 aromatic rings. The predicted octanol–water partition coefficient (Wildman–Crippen LogP) is 3.23. The van der Waals surface area contributed by atoms with E-state index >= 15 is 0 Å². The van der Waals surface area contributed by atoms with E-state index in [-0.39, 0.29) is 12.5 Å². The van der Waals surface area contributed by atoms with Gasteiger partial charge in [-0.25, -0.2) is 4.39 Å². The second kappa shape index (κ2) is 9.91. The van der Waals surface area contributed by atoms with E-state index in [1.807, 2.05) is 25.1 Å². The summed E-state index contributed by atoms with van der Waals surface area (Å²) in [7, 11) is 1.64. The highest BCUT2D eigenvalue weighted by Crippen LogP contribution is 2.30. The second-order valence-corrected chi connectivity index (χ2v) is 7.20. The van der Waals surface area contributed by atoms with Gasteiger partial charge in [0.1, 0.15) is 11.6 Å². The molecule has 1 aliphatic rings. The number of hydrogen-bond acceptors (Lipinski definition) is 3. The summed E-state index contributed by atoms with van der Waals surface area (Å²) in [6.07, 6.45) is 2.49. The fraction of sp³-hybridized carbons (Fsp3) is 0.364. The van der Waals surface area contributed by atoms with Crippen LogP contribution in [-0.4, -0.2) is 32.1 Å². The van der Waals surface area contributed by atoms with E-state index in [0.29, 0.717) is 24.1 Å². The van der Waals surface area contributed by atoms with E-state index in [2.05, 4.69) is 20.9 Å². The largest absolute Gasteiger partial charge is 0.493 e. The van der Waals surface area contributed by atoms with Gasteiger partial charge in [0.25, 0.3) is 0 Å². The van der Waals surface area contributed by atoms with Gasteiger partial charge in [-0.05, 0) is 55.5 Å². The zero-order valence-electron chi connectivity index (χ0n) is 16.8. The van der Waals surface area contributed by atoms with Crippen LogP contribution in [0.1, 0.15) is 24.0 Å². The highest BCUT2D eigenvalue weighted by molar-refractivity contribution is 5.94. The number of carbonyl (C=O) groups is 1. The maximum Gasteiger partial charge on any atom is 0.243 e. The number of rotatable bonds is 8. The molecule has 0 atom stereocenters. The fourth-order valence-corrected chi connectivity index (χ4v) is 2.77. The highest BCUT2D eigenvalue weighted by Gasteiger charge is 2.22. The van der Waals surface area contributed by atoms with Gasteiger partial charge >= 0.3 is 0 Å². The molecule has 1 aliphatic carbocycles. The number of guanidine groups is 1. The molecule has 3 rings (SSSR count). The molecule has 1 saturated carbocycles. The average molecular weight is 398 g/mol. The van der Waals surface area contributed by atoms with Crippen molar-refractivity contribution in [2.75, 3.05) is 25.5 Å². The first-order chi connectivity index (χ1) is 14.0. The first-order valence-electron chi connectivity index (χ1n) is 9.76. The van der Waals surface area contributed by atoms with Crippen molar-refractivity contribution in [3.63, 3.8) is 0 Å². The average Bonchev–Trinajstić information content (AvgIpc) is 3.52. The van der Waals surface area contributed by atoms with Crippen LogP contribution in [0, 0.1) is 18.7 Å². The van der Waals surface area contributed by atoms with E-state index in [1.54, 1.807) is 19.2 Å². The van der Waals surface area contributed by atoms with Gasteiger partial charge in [-0.1, -0.05) is 18.2 Å². The molecule has 154 valence electrons. The maximum atomic E-state index is 13.2. The predicted molar refractivity (Wildman–Crippen MR) is 113 cm³/mol. The molecule has 0 saturated heterocycles. The van der Waals surface area contributed by atoms with Crippen LogP contribution in [0.4, 0.5) is 10.1 Å². The smallest absolute Gasteiger partial charge is 0.243 e. The Bertz CT molecular complexity index is 881. The lowest BCUT2D eigenvalue weighted by Crippen LogP contribution is -2.41. The fourth-order valence-electron chi connectivity index (χ4n) is 2.77. The van der Waals surface area contributed by atoms with Crippen molar-refractivity contribution < 1.29 is 13.9 Å². The van der Waals surface area contributed by atoms with Gasteiger partial charge in [0, 0.05) is 24.8 Å². The van der Waals surface area contributed by atoms with Gasteiger partial charge in [0.15, 0.2) is 5.96 Å². The molecule has 2 aromatic carbocycles. The van der Waals surface area contributed by atoms with Gasteiger partial charge in [-0.15, -0.1) is 0 Å². The number of hydrogen-bond donors (Lipinski definition) is 3. The van der Waals surface area contributed by atoms with Gasteiger partial charge in [-0.2, -0.15) is 0 Å². The minimum atomic E-state index is -0.397. The normalized spacial score (nSPS) is 13.7. The number of nitrogens with one attached hydrogen (secondary N) is 3. The molecule has 0 heterocycles. The van der Waals surface area contributed by atoms with Crippen molar-refractivity contribution >= 4 is 17.6 Å². The van der Waals surface area contributed by atoms with Gasteiger partial charge in [0.05, 0.1) is 13.2 Å². The monoisotopic (exact) mass is 398 g/mol. The number of anilines is 1. The molecule has 0 aromatic heterocycles. The number of amides is 1. The Morgan fingerprint density at radius 2 is 2.03 bits per heavy atom. The van der Waals surface area contributed by atoms with Crippen LogP contribution < -0.4 is 20.7 Å². The van der Waals surface area contributed by atoms with Crippen LogP contribution in [0.5, 0.6) is 5.75 Å². The van der Waals surface area contributed by atoms with Gasteiger partial charge in [0.2, 0.25) is 5.91 Å². The van der Waals surface area contributed by atoms with Crippen molar-refractivity contribution in [2.24, 2.45) is 10.9 Å². The molecular formula is C22H27FN4O2. The molecule has 1 fully saturated rings. The SMILES string of the molecule is CN=C(NCC(=O)Nc1cccc(F)c1)NCc1ccc(C)cc1OCC1CC1. The van der Waals surface area contributed by atoms with Crippen LogP contribution in [0.15, 0.2) is 47.5 Å². The lowest BCUT2D eigenvalue weighted by atomic mass is 10.1. The zero-order chi connectivity index (χ0) is 20.6. The van der Waals surface area contributed by atoms with Crippen LogP contribution >= 0.6 is 0 Å². The summed E-state index contributed by atoms with van der Waals surface area (Å²) in [4.78, 5) is 16.2. The number of aryl methyl sites for hydroxylation is 1. The summed E-state index contributed by atoms with van der Waals surface area (Å²) in [5.41, 5.74) is 2.59. The summed E-state index contributed by atoms with van der Waals surface area (Å²) >= 11 is 0. The lowest BCUT2D eigenvalue weighted by molar-refractivity contribution is -0.115. The molecular weight excluding hydrogens is 371 g/mol. The second-order valence-electron chi connectivity index (χ2n) is 7.20. The maximum absolute atomic E-state index is 13.2. The Hall–Kier alpha value is -3.09. The summed E-state index contributed by atoms with van der Waals surface area (Å²) < 4.78 is 19.2. The molecule has 0 unspecified atom stereocenters. The Labute approximate surface area is 170 Å². The van der Waals surface area contributed by atoms with E-state index in [9.17, 15) is 9.18 Å². The molecule has 0 radical (unpaired) electrons.